The Morgan fingerprint density at radius 3 is 2.49 bits per heavy atom. The highest BCUT2D eigenvalue weighted by Crippen LogP contribution is 2.41. The Bertz CT molecular complexity index is 1510. The van der Waals surface area contributed by atoms with Gasteiger partial charge in [-0.2, -0.15) is 0 Å². The van der Waals surface area contributed by atoms with Crippen molar-refractivity contribution in [2.75, 3.05) is 19.4 Å². The van der Waals surface area contributed by atoms with Crippen LogP contribution < -0.4 is 11.1 Å². The molecule has 2 heterocycles. The Morgan fingerprint density at radius 1 is 1.18 bits per heavy atom. The lowest BCUT2D eigenvalue weighted by Crippen LogP contribution is -2.63. The van der Waals surface area contributed by atoms with Gasteiger partial charge in [0.2, 0.25) is 0 Å². The Hall–Kier alpha value is -3.76. The molecule has 13 heteroatoms. The normalized spacial score (nSPS) is 33.3. The predicted molar refractivity (Wildman–Crippen MR) is 189 cm³/mol. The number of alkyl halides is 1. The van der Waals surface area contributed by atoms with Crippen LogP contribution in [0, 0.1) is 30.3 Å². The maximum atomic E-state index is 16.2. The SMILES string of the molecule is B[C@@H]1[C@@H](C)C(=O)[C@](C)(F)C(=O)O[C@H](CC)[C@@](C)(OC#C)[C@H](NCCCCn2cc(-c3cccc(N)c3)nn2)[C@@H](C)C(=O)[C@H](C)C[C@@]1(C)OC. The minimum atomic E-state index is -2.94. The summed E-state index contributed by atoms with van der Waals surface area (Å²) >= 11 is 0. The van der Waals surface area contributed by atoms with Crippen LogP contribution in [-0.4, -0.2) is 83.0 Å². The molecule has 0 amide bonds. The van der Waals surface area contributed by atoms with Gasteiger partial charge in [0.05, 0.1) is 17.8 Å². The van der Waals surface area contributed by atoms with E-state index in [4.69, 9.17) is 26.4 Å². The van der Waals surface area contributed by atoms with Gasteiger partial charge >= 0.3 is 5.97 Å². The van der Waals surface area contributed by atoms with Crippen molar-refractivity contribution in [2.45, 2.75) is 116 Å². The molecule has 0 bridgehead atoms. The summed E-state index contributed by atoms with van der Waals surface area (Å²) in [5, 5.41) is 12.0. The van der Waals surface area contributed by atoms with Crippen molar-refractivity contribution in [2.24, 2.45) is 17.8 Å². The zero-order valence-electron chi connectivity index (χ0n) is 30.4. The summed E-state index contributed by atoms with van der Waals surface area (Å²) in [7, 11) is 3.28. The highest BCUT2D eigenvalue weighted by molar-refractivity contribution is 6.17. The molecular formula is C36H53BFN5O6. The molecule has 9 atom stereocenters. The molecule has 3 N–H and O–H groups in total. The molecule has 1 saturated heterocycles. The van der Waals surface area contributed by atoms with Crippen LogP contribution in [0.2, 0.25) is 5.82 Å². The molecule has 1 fully saturated rings. The minimum absolute atomic E-state index is 0.0796. The van der Waals surface area contributed by atoms with E-state index < -0.39 is 64.3 Å². The van der Waals surface area contributed by atoms with Crippen LogP contribution in [0.15, 0.2) is 30.5 Å². The number of cyclic esters (lactones) is 1. The lowest BCUT2D eigenvalue weighted by atomic mass is 9.61. The van der Waals surface area contributed by atoms with Crippen molar-refractivity contribution in [3.63, 3.8) is 0 Å². The smallest absolute Gasteiger partial charge is 0.351 e. The monoisotopic (exact) mass is 681 g/mol. The number of esters is 1. The summed E-state index contributed by atoms with van der Waals surface area (Å²) < 4.78 is 35.5. The number of methoxy groups -OCH3 is 1. The number of nitrogens with one attached hydrogen (secondary N) is 1. The van der Waals surface area contributed by atoms with Crippen LogP contribution in [0.1, 0.15) is 74.1 Å². The second kappa shape index (κ2) is 16.3. The first kappa shape index (κ1) is 39.7. The number of terminal acetylenes is 1. The van der Waals surface area contributed by atoms with Crippen LogP contribution >= 0.6 is 0 Å². The van der Waals surface area contributed by atoms with Gasteiger partial charge in [0.1, 0.15) is 31.5 Å². The van der Waals surface area contributed by atoms with Gasteiger partial charge in [0, 0.05) is 42.7 Å². The van der Waals surface area contributed by atoms with E-state index in [-0.39, 0.29) is 18.6 Å². The molecule has 11 nitrogen and oxygen atoms in total. The molecule has 268 valence electrons. The fraction of sp³-hybridized carbons (Fsp3) is 0.639. The number of anilines is 1. The lowest BCUT2D eigenvalue weighted by molar-refractivity contribution is -0.184. The van der Waals surface area contributed by atoms with E-state index >= 15 is 4.39 Å². The van der Waals surface area contributed by atoms with Crippen molar-refractivity contribution < 1.29 is 33.0 Å². The van der Waals surface area contributed by atoms with Crippen molar-refractivity contribution in [3.05, 3.63) is 30.5 Å². The number of nitrogen functional groups attached to an aromatic ring is 1. The summed E-state index contributed by atoms with van der Waals surface area (Å²) in [5.41, 5.74) is 2.75. The van der Waals surface area contributed by atoms with E-state index in [9.17, 15) is 14.4 Å². The van der Waals surface area contributed by atoms with Crippen molar-refractivity contribution in [3.8, 4) is 23.8 Å². The molecule has 1 aromatic carbocycles. The number of hydrogen-bond acceptors (Lipinski definition) is 10. The maximum absolute atomic E-state index is 16.2. The number of nitrogens with zero attached hydrogens (tertiary/aromatic N) is 3. The van der Waals surface area contributed by atoms with Gasteiger partial charge in [-0.05, 0) is 70.9 Å². The summed E-state index contributed by atoms with van der Waals surface area (Å²) in [5.74, 6) is -4.96. The number of nitrogens with two attached hydrogens (primary N) is 1. The highest BCUT2D eigenvalue weighted by Gasteiger charge is 2.55. The van der Waals surface area contributed by atoms with E-state index in [0.29, 0.717) is 30.9 Å². The molecular weight excluding hydrogens is 628 g/mol. The van der Waals surface area contributed by atoms with Crippen LogP contribution in [0.3, 0.4) is 0 Å². The summed E-state index contributed by atoms with van der Waals surface area (Å²) in [6.45, 7) is 12.4. The largest absolute Gasteiger partial charge is 0.455 e. The molecule has 0 spiro atoms. The van der Waals surface area contributed by atoms with Crippen LogP contribution in [-0.2, 0) is 35.1 Å². The van der Waals surface area contributed by atoms with Gasteiger partial charge in [-0.25, -0.2) is 9.18 Å². The molecule has 2 aromatic rings. The molecule has 1 aliphatic heterocycles. The summed E-state index contributed by atoms with van der Waals surface area (Å²) in [6, 6.07) is 6.67. The number of hydrogen-bond donors (Lipinski definition) is 2. The second-order valence-corrected chi connectivity index (χ2v) is 14.1. The molecule has 0 radical (unpaired) electrons. The average molecular weight is 682 g/mol. The third-order valence-corrected chi connectivity index (χ3v) is 10.6. The first-order chi connectivity index (χ1) is 23.0. The molecule has 3 rings (SSSR count). The average Bonchev–Trinajstić information content (AvgIpc) is 3.55. The molecule has 1 aliphatic rings. The molecule has 1 aromatic heterocycles. The third kappa shape index (κ3) is 8.70. The first-order valence-electron chi connectivity index (χ1n) is 17.1. The number of benzene rings is 1. The molecule has 0 saturated carbocycles. The standard InChI is InChI=1S/C36H53BFN5O6/c1-10-28-36(8,48-11-2)31(40-17-12-13-18-43-21-27(41-42-43)25-15-14-16-26(39)19-25)23(4)29(44)22(3)20-34(6,47-9)30(37)24(5)32(45)35(7,38)33(46)49-28/h2,14-16,19,21-24,28,30-31,40H,10,12-13,17-18,20,37,39H2,1,3-9H3/t22-,23+,24-,28-,30-,31-,34-,35+,36-/m1/s1. The quantitative estimate of drug-likeness (QED) is 0.0944. The topological polar surface area (TPSA) is 148 Å². The number of aryl methyl sites for hydroxylation is 1. The fourth-order valence-corrected chi connectivity index (χ4v) is 7.13. The number of halogens is 1. The van der Waals surface area contributed by atoms with E-state index in [0.717, 1.165) is 18.9 Å². The van der Waals surface area contributed by atoms with Gasteiger partial charge in [-0.3, -0.25) is 14.3 Å². The second-order valence-electron chi connectivity index (χ2n) is 14.1. The Kier molecular flexibility index (Phi) is 13.2. The van der Waals surface area contributed by atoms with Crippen LogP contribution in [0.4, 0.5) is 10.1 Å². The number of carbonyl (C=O) groups excluding carboxylic acids is 3. The van der Waals surface area contributed by atoms with Gasteiger partial charge < -0.3 is 25.3 Å². The molecule has 49 heavy (non-hydrogen) atoms. The first-order valence-corrected chi connectivity index (χ1v) is 17.1. The van der Waals surface area contributed by atoms with Crippen molar-refractivity contribution >= 4 is 31.1 Å². The van der Waals surface area contributed by atoms with E-state index in [2.05, 4.69) is 21.7 Å². The van der Waals surface area contributed by atoms with E-state index in [1.807, 2.05) is 37.4 Å². The Balaban J connectivity index is 1.91. The van der Waals surface area contributed by atoms with Gasteiger partial charge in [0.15, 0.2) is 11.4 Å². The number of ketones is 2. The number of carbonyl (C=O) groups is 3. The maximum Gasteiger partial charge on any atom is 0.351 e. The number of ether oxygens (including phenoxy) is 3. The zero-order chi connectivity index (χ0) is 36.7. The number of unbranched alkanes of at least 4 members (excludes halogenated alkanes) is 1. The number of aromatic nitrogens is 3. The van der Waals surface area contributed by atoms with Gasteiger partial charge in [0.25, 0.3) is 5.67 Å². The van der Waals surface area contributed by atoms with Crippen molar-refractivity contribution in [1.29, 1.82) is 0 Å². The highest BCUT2D eigenvalue weighted by atomic mass is 19.1. The van der Waals surface area contributed by atoms with E-state index in [1.165, 1.54) is 7.11 Å². The van der Waals surface area contributed by atoms with Crippen LogP contribution in [0.25, 0.3) is 11.3 Å². The predicted octanol–water partition coefficient (Wildman–Crippen LogP) is 3.96. The molecule has 0 aliphatic carbocycles. The van der Waals surface area contributed by atoms with Crippen molar-refractivity contribution in [1.82, 2.24) is 20.3 Å². The number of rotatable bonds is 10. The zero-order valence-corrected chi connectivity index (χ0v) is 30.4. The molecule has 0 unspecified atom stereocenters. The Morgan fingerprint density at radius 2 is 1.88 bits per heavy atom. The minimum Gasteiger partial charge on any atom is -0.455 e. The van der Waals surface area contributed by atoms with Crippen LogP contribution in [0.5, 0.6) is 0 Å². The third-order valence-electron chi connectivity index (χ3n) is 10.6. The Labute approximate surface area is 291 Å². The number of Topliss-reactive ketones (excluding diaryl/α,β-unsaturated/α-hetero) is 2. The van der Waals surface area contributed by atoms with Gasteiger partial charge in [-0.1, -0.05) is 51.5 Å². The fourth-order valence-electron chi connectivity index (χ4n) is 7.13. The van der Waals surface area contributed by atoms with E-state index in [1.54, 1.807) is 47.1 Å². The van der Waals surface area contributed by atoms with Gasteiger partial charge in [-0.15, -0.1) is 5.10 Å². The summed E-state index contributed by atoms with van der Waals surface area (Å²) in [4.78, 5) is 41.1. The lowest BCUT2D eigenvalue weighted by Gasteiger charge is -2.45. The summed E-state index contributed by atoms with van der Waals surface area (Å²) in [6.07, 6.45) is 10.5.